The van der Waals surface area contributed by atoms with Gasteiger partial charge in [0.25, 0.3) is 0 Å². The van der Waals surface area contributed by atoms with E-state index in [0.717, 1.165) is 0 Å². The quantitative estimate of drug-likeness (QED) is 0.447. The lowest BCUT2D eigenvalue weighted by Gasteiger charge is -2.14. The summed E-state index contributed by atoms with van der Waals surface area (Å²) in [6, 6.07) is 0. The van der Waals surface area contributed by atoms with E-state index in [0.29, 0.717) is 3.57 Å². The molecule has 1 aliphatic heterocycles. The molecule has 106 valence electrons. The van der Waals surface area contributed by atoms with Gasteiger partial charge in [-0.2, -0.15) is 5.10 Å². The third kappa shape index (κ3) is 2.60. The molecule has 1 aromatic heterocycles. The molecule has 9 heteroatoms. The lowest BCUT2D eigenvalue weighted by Crippen LogP contribution is -2.33. The molecule has 0 amide bonds. The van der Waals surface area contributed by atoms with Gasteiger partial charge in [-0.1, -0.05) is 0 Å². The zero-order valence-corrected chi connectivity index (χ0v) is 12.1. The minimum Gasteiger partial charge on any atom is -0.464 e. The summed E-state index contributed by atoms with van der Waals surface area (Å²) in [5.41, 5.74) is 0.0980. The lowest BCUT2D eigenvalue weighted by atomic mass is 10.1. The van der Waals surface area contributed by atoms with Gasteiger partial charge in [0.2, 0.25) is 0 Å². The third-order valence-electron chi connectivity index (χ3n) is 2.84. The number of ether oxygens (including phenoxy) is 2. The molecule has 2 rings (SSSR count). The Morgan fingerprint density at radius 3 is 2.79 bits per heavy atom. The number of halogens is 1. The fraction of sp³-hybridized carbons (Fsp3) is 0.600. The molecule has 8 nitrogen and oxygen atoms in total. The van der Waals surface area contributed by atoms with Gasteiger partial charge in [0.15, 0.2) is 11.9 Å². The summed E-state index contributed by atoms with van der Waals surface area (Å²) in [6.07, 6.45) is -2.80. The standard InChI is InChI=1S/C10H13IN2O6/c1-18-10(17)6-4(11)2-13(12-6)9-8(16)7(15)5(3-14)19-9/h2,5,7-9,14-16H,3H2,1H3/t5-,7-,8-,9-/m1/s1. The normalized spacial score (nSPS) is 30.6. The van der Waals surface area contributed by atoms with Crippen molar-refractivity contribution in [2.75, 3.05) is 13.7 Å². The highest BCUT2D eigenvalue weighted by atomic mass is 127. The average molecular weight is 384 g/mol. The van der Waals surface area contributed by atoms with Gasteiger partial charge in [-0.05, 0) is 22.6 Å². The molecule has 0 bridgehead atoms. The maximum atomic E-state index is 11.4. The number of aromatic nitrogens is 2. The van der Waals surface area contributed by atoms with E-state index in [1.807, 2.05) is 22.6 Å². The molecule has 4 atom stereocenters. The Labute approximate surface area is 122 Å². The maximum Gasteiger partial charge on any atom is 0.359 e. The van der Waals surface area contributed by atoms with E-state index in [1.54, 1.807) is 0 Å². The zero-order chi connectivity index (χ0) is 14.2. The van der Waals surface area contributed by atoms with Crippen LogP contribution in [0.15, 0.2) is 6.20 Å². The number of aliphatic hydroxyl groups is 3. The number of nitrogens with zero attached hydrogens (tertiary/aromatic N) is 2. The molecule has 1 aliphatic rings. The SMILES string of the molecule is COC(=O)c1nn([C@@H]2O[C@H](CO)[C@@H](O)[C@H]2O)cc1I. The topological polar surface area (TPSA) is 114 Å². The first kappa shape index (κ1) is 14.7. The Kier molecular flexibility index (Phi) is 4.40. The van der Waals surface area contributed by atoms with Crippen LogP contribution in [-0.2, 0) is 9.47 Å². The van der Waals surface area contributed by atoms with Gasteiger partial charge < -0.3 is 24.8 Å². The Hall–Kier alpha value is -0.750. The van der Waals surface area contributed by atoms with Gasteiger partial charge in [0.05, 0.1) is 17.3 Å². The highest BCUT2D eigenvalue weighted by molar-refractivity contribution is 14.1. The van der Waals surface area contributed by atoms with Crippen LogP contribution in [0.2, 0.25) is 0 Å². The maximum absolute atomic E-state index is 11.4. The summed E-state index contributed by atoms with van der Waals surface area (Å²) in [6.45, 7) is -0.420. The Balaban J connectivity index is 2.26. The van der Waals surface area contributed by atoms with E-state index >= 15 is 0 Å². The van der Waals surface area contributed by atoms with Crippen LogP contribution >= 0.6 is 22.6 Å². The van der Waals surface area contributed by atoms with Crippen LogP contribution in [0.3, 0.4) is 0 Å². The summed E-state index contributed by atoms with van der Waals surface area (Å²) >= 11 is 1.90. The van der Waals surface area contributed by atoms with Crippen molar-refractivity contribution in [3.05, 3.63) is 15.5 Å². The molecule has 1 saturated heterocycles. The van der Waals surface area contributed by atoms with Crippen molar-refractivity contribution < 1.29 is 29.6 Å². The van der Waals surface area contributed by atoms with E-state index in [4.69, 9.17) is 9.84 Å². The van der Waals surface area contributed by atoms with Crippen LogP contribution in [0.5, 0.6) is 0 Å². The first-order chi connectivity index (χ1) is 8.99. The molecule has 0 aromatic carbocycles. The van der Waals surface area contributed by atoms with Crippen molar-refractivity contribution in [3.8, 4) is 0 Å². The molecule has 2 heterocycles. The van der Waals surface area contributed by atoms with Crippen LogP contribution in [-0.4, -0.2) is 63.1 Å². The Morgan fingerprint density at radius 1 is 1.58 bits per heavy atom. The largest absolute Gasteiger partial charge is 0.464 e. The predicted molar refractivity (Wildman–Crippen MR) is 69.3 cm³/mol. The average Bonchev–Trinajstić information content (AvgIpc) is 2.91. The molecule has 1 aromatic rings. The van der Waals surface area contributed by atoms with E-state index in [9.17, 15) is 15.0 Å². The summed E-state index contributed by atoms with van der Waals surface area (Å²) in [5.74, 6) is -0.602. The smallest absolute Gasteiger partial charge is 0.359 e. The number of methoxy groups -OCH3 is 1. The number of hydrogen-bond donors (Lipinski definition) is 3. The fourth-order valence-corrected chi connectivity index (χ4v) is 2.45. The van der Waals surface area contributed by atoms with E-state index < -0.39 is 37.1 Å². The molecular formula is C10H13IN2O6. The van der Waals surface area contributed by atoms with E-state index in [2.05, 4.69) is 9.84 Å². The highest BCUT2D eigenvalue weighted by Crippen LogP contribution is 2.29. The second-order valence-corrected chi connectivity index (χ2v) is 5.19. The molecule has 1 fully saturated rings. The third-order valence-corrected chi connectivity index (χ3v) is 3.63. The van der Waals surface area contributed by atoms with Crippen molar-refractivity contribution in [2.45, 2.75) is 24.5 Å². The number of esters is 1. The second kappa shape index (κ2) is 5.71. The minimum atomic E-state index is -1.24. The van der Waals surface area contributed by atoms with Gasteiger partial charge in [-0.15, -0.1) is 0 Å². The monoisotopic (exact) mass is 384 g/mol. The fourth-order valence-electron chi connectivity index (χ4n) is 1.83. The molecule has 0 spiro atoms. The van der Waals surface area contributed by atoms with E-state index in [-0.39, 0.29) is 5.69 Å². The van der Waals surface area contributed by atoms with Crippen molar-refractivity contribution in [2.24, 2.45) is 0 Å². The number of aliphatic hydroxyl groups excluding tert-OH is 3. The van der Waals surface area contributed by atoms with Gasteiger partial charge in [0.1, 0.15) is 18.3 Å². The molecule has 0 saturated carbocycles. The molecule has 19 heavy (non-hydrogen) atoms. The molecule has 0 unspecified atom stereocenters. The number of carbonyl (C=O) groups excluding carboxylic acids is 1. The Bertz CT molecular complexity index is 479. The lowest BCUT2D eigenvalue weighted by molar-refractivity contribution is -0.0588. The van der Waals surface area contributed by atoms with Crippen LogP contribution in [0.4, 0.5) is 0 Å². The number of carbonyl (C=O) groups is 1. The summed E-state index contributed by atoms with van der Waals surface area (Å²) in [7, 11) is 1.24. The van der Waals surface area contributed by atoms with Crippen molar-refractivity contribution in [1.29, 1.82) is 0 Å². The molecule has 3 N–H and O–H groups in total. The van der Waals surface area contributed by atoms with Crippen molar-refractivity contribution in [1.82, 2.24) is 9.78 Å². The predicted octanol–water partition coefficient (Wildman–Crippen LogP) is -1.11. The van der Waals surface area contributed by atoms with Crippen LogP contribution in [0.25, 0.3) is 0 Å². The molecule has 0 radical (unpaired) electrons. The molecular weight excluding hydrogens is 371 g/mol. The summed E-state index contributed by atoms with van der Waals surface area (Å²) in [4.78, 5) is 11.4. The number of hydrogen-bond acceptors (Lipinski definition) is 7. The summed E-state index contributed by atoms with van der Waals surface area (Å²) < 4.78 is 11.6. The first-order valence-corrected chi connectivity index (χ1v) is 6.53. The van der Waals surface area contributed by atoms with Crippen LogP contribution < -0.4 is 0 Å². The molecule has 0 aliphatic carbocycles. The van der Waals surface area contributed by atoms with Gasteiger partial charge >= 0.3 is 5.97 Å². The van der Waals surface area contributed by atoms with Crippen LogP contribution in [0, 0.1) is 3.57 Å². The second-order valence-electron chi connectivity index (χ2n) is 4.03. The van der Waals surface area contributed by atoms with Gasteiger partial charge in [-0.25, -0.2) is 9.48 Å². The van der Waals surface area contributed by atoms with Gasteiger partial charge in [0, 0.05) is 6.20 Å². The van der Waals surface area contributed by atoms with Gasteiger partial charge in [-0.3, -0.25) is 0 Å². The van der Waals surface area contributed by atoms with Crippen molar-refractivity contribution in [3.63, 3.8) is 0 Å². The van der Waals surface area contributed by atoms with Crippen LogP contribution in [0.1, 0.15) is 16.7 Å². The summed E-state index contributed by atoms with van der Waals surface area (Å²) in [5, 5.41) is 32.5. The number of rotatable bonds is 3. The zero-order valence-electron chi connectivity index (χ0n) is 9.93. The van der Waals surface area contributed by atoms with Crippen molar-refractivity contribution >= 4 is 28.6 Å². The Morgan fingerprint density at radius 2 is 2.26 bits per heavy atom. The van der Waals surface area contributed by atoms with E-state index in [1.165, 1.54) is 18.0 Å². The minimum absolute atomic E-state index is 0.0980. The first-order valence-electron chi connectivity index (χ1n) is 5.45. The highest BCUT2D eigenvalue weighted by Gasteiger charge is 2.44.